The predicted molar refractivity (Wildman–Crippen MR) is 199 cm³/mol. The minimum atomic E-state index is -0.438. The largest absolute Gasteiger partial charge is 0.495 e. The lowest BCUT2D eigenvalue weighted by Crippen LogP contribution is -2.52. The maximum absolute atomic E-state index is 14.5. The monoisotopic (exact) mass is 735 g/mol. The summed E-state index contributed by atoms with van der Waals surface area (Å²) >= 11 is 13.5. The number of ether oxygens (including phenoxy) is 3. The normalized spacial score (nSPS) is 15.9. The van der Waals surface area contributed by atoms with Crippen LogP contribution in [0.3, 0.4) is 0 Å². The molecular weight excluding hydrogens is 697 g/mol. The third-order valence-corrected chi connectivity index (χ3v) is 8.91. The first-order valence-corrected chi connectivity index (χ1v) is 16.8. The minimum Gasteiger partial charge on any atom is -0.495 e. The topological polar surface area (TPSA) is 149 Å². The Balaban J connectivity index is 1.57. The van der Waals surface area contributed by atoms with Gasteiger partial charge >= 0.3 is 0 Å². The molecule has 1 aliphatic heterocycles. The quantitative estimate of drug-likeness (QED) is 0.164. The van der Waals surface area contributed by atoms with E-state index in [0.29, 0.717) is 42.9 Å². The van der Waals surface area contributed by atoms with Crippen molar-refractivity contribution in [3.05, 3.63) is 93.4 Å². The van der Waals surface area contributed by atoms with Crippen LogP contribution in [0.5, 0.6) is 11.5 Å². The van der Waals surface area contributed by atoms with Crippen LogP contribution in [0, 0.1) is 0 Å². The second-order valence-corrected chi connectivity index (χ2v) is 12.7. The summed E-state index contributed by atoms with van der Waals surface area (Å²) in [7, 11) is 6.74. The van der Waals surface area contributed by atoms with Crippen molar-refractivity contribution in [2.24, 2.45) is 0 Å². The number of fused-ring (bicyclic) bond motifs is 1. The fourth-order valence-electron chi connectivity index (χ4n) is 5.57. The molecule has 3 heterocycles. The van der Waals surface area contributed by atoms with Gasteiger partial charge in [-0.3, -0.25) is 19.0 Å². The van der Waals surface area contributed by atoms with Crippen LogP contribution in [-0.4, -0.2) is 91.4 Å². The van der Waals surface area contributed by atoms with E-state index in [0.717, 1.165) is 5.56 Å². The maximum Gasteiger partial charge on any atom is 0.260 e. The summed E-state index contributed by atoms with van der Waals surface area (Å²) < 4.78 is 18.1. The fraction of sp³-hybridized carbons (Fsp3) is 0.306. The molecule has 2 atom stereocenters. The fourth-order valence-corrected chi connectivity index (χ4v) is 6.27. The van der Waals surface area contributed by atoms with E-state index in [4.69, 9.17) is 42.4 Å². The Morgan fingerprint density at radius 2 is 1.78 bits per heavy atom. The lowest BCUT2D eigenvalue weighted by atomic mass is 10.0. The van der Waals surface area contributed by atoms with Crippen molar-refractivity contribution in [2.45, 2.75) is 25.0 Å². The van der Waals surface area contributed by atoms with Crippen molar-refractivity contribution in [3.8, 4) is 22.6 Å². The highest BCUT2D eigenvalue weighted by Crippen LogP contribution is 2.45. The van der Waals surface area contributed by atoms with E-state index in [1.54, 1.807) is 36.5 Å². The van der Waals surface area contributed by atoms with Gasteiger partial charge < -0.3 is 35.1 Å². The minimum absolute atomic E-state index is 0.0947. The molecule has 0 spiro atoms. The number of nitrogens with one attached hydrogen (secondary N) is 3. The second-order valence-electron chi connectivity index (χ2n) is 12.0. The number of benzene rings is 2. The molecule has 0 radical (unpaired) electrons. The number of hydrogen-bond donors (Lipinski definition) is 3. The first-order valence-electron chi connectivity index (χ1n) is 16.0. The highest BCUT2D eigenvalue weighted by molar-refractivity contribution is 6.41. The van der Waals surface area contributed by atoms with Gasteiger partial charge in [0.1, 0.15) is 17.1 Å². The first kappa shape index (κ1) is 37.3. The summed E-state index contributed by atoms with van der Waals surface area (Å²) in [5.74, 6) is 0.227. The molecule has 2 unspecified atom stereocenters. The van der Waals surface area contributed by atoms with Gasteiger partial charge in [-0.2, -0.15) is 4.98 Å². The van der Waals surface area contributed by atoms with E-state index >= 15 is 0 Å². The molecule has 1 aliphatic rings. The van der Waals surface area contributed by atoms with Crippen LogP contribution in [0.1, 0.15) is 12.0 Å². The number of rotatable bonds is 13. The van der Waals surface area contributed by atoms with E-state index in [1.165, 1.54) is 30.9 Å². The van der Waals surface area contributed by atoms with Crippen molar-refractivity contribution < 1.29 is 23.8 Å². The van der Waals surface area contributed by atoms with Gasteiger partial charge in [-0.15, -0.1) is 0 Å². The molecule has 1 fully saturated rings. The number of aromatic nitrogens is 3. The van der Waals surface area contributed by atoms with Gasteiger partial charge in [0.05, 0.1) is 55.1 Å². The van der Waals surface area contributed by atoms with Gasteiger partial charge in [0.15, 0.2) is 0 Å². The third kappa shape index (κ3) is 8.86. The van der Waals surface area contributed by atoms with Crippen molar-refractivity contribution in [1.29, 1.82) is 0 Å². The molecule has 0 aliphatic carbocycles. The molecule has 15 heteroatoms. The van der Waals surface area contributed by atoms with Crippen LogP contribution < -0.4 is 31.0 Å². The van der Waals surface area contributed by atoms with E-state index in [-0.39, 0.29) is 69.1 Å². The number of anilines is 2. The van der Waals surface area contributed by atoms with Crippen molar-refractivity contribution >= 4 is 57.7 Å². The zero-order chi connectivity index (χ0) is 36.7. The molecule has 13 nitrogen and oxygen atoms in total. The standard InChI is InChI=1S/C36H39Cl2N7O6/c1-6-29(46)41-25-13-15-51-20-26(25)42-36-39-18-22-16-24(31-32(37)27(49-4)17-28(50-5)33(31)38)35(48)45(34(22)43-36)19-21-9-11-23(12-10-21)40-30(47)8-7-14-44(2)3/h6-12,16-18,25-26H,1,13-15,19-20H2,2-5H3,(H,40,47)(H,41,46)(H,39,42,43)/b8-7+. The zero-order valence-corrected chi connectivity index (χ0v) is 30.2. The molecule has 5 rings (SSSR count). The van der Waals surface area contributed by atoms with Gasteiger partial charge in [0.25, 0.3) is 5.56 Å². The number of pyridine rings is 1. The Kier molecular flexibility index (Phi) is 12.3. The van der Waals surface area contributed by atoms with Crippen molar-refractivity contribution in [3.63, 3.8) is 0 Å². The average Bonchev–Trinajstić information content (AvgIpc) is 3.11. The van der Waals surface area contributed by atoms with E-state index < -0.39 is 5.56 Å². The van der Waals surface area contributed by atoms with Crippen molar-refractivity contribution in [1.82, 2.24) is 24.8 Å². The lowest BCUT2D eigenvalue weighted by molar-refractivity contribution is -0.118. The third-order valence-electron chi connectivity index (χ3n) is 8.16. The lowest BCUT2D eigenvalue weighted by Gasteiger charge is -2.32. The molecule has 0 bridgehead atoms. The molecule has 268 valence electrons. The van der Waals surface area contributed by atoms with E-state index in [2.05, 4.69) is 27.5 Å². The molecule has 0 saturated carbocycles. The maximum atomic E-state index is 14.5. The van der Waals surface area contributed by atoms with E-state index in [1.807, 2.05) is 31.1 Å². The van der Waals surface area contributed by atoms with Crippen LogP contribution in [-0.2, 0) is 20.9 Å². The van der Waals surface area contributed by atoms with Crippen LogP contribution in [0.25, 0.3) is 22.2 Å². The molecule has 2 aromatic heterocycles. The van der Waals surface area contributed by atoms with Gasteiger partial charge in [-0.25, -0.2) is 4.98 Å². The number of halogens is 2. The van der Waals surface area contributed by atoms with Gasteiger partial charge in [0.2, 0.25) is 17.8 Å². The van der Waals surface area contributed by atoms with E-state index in [9.17, 15) is 14.4 Å². The first-order chi connectivity index (χ1) is 24.5. The van der Waals surface area contributed by atoms with Gasteiger partial charge in [-0.1, -0.05) is 48.0 Å². The summed E-state index contributed by atoms with van der Waals surface area (Å²) in [4.78, 5) is 50.2. The van der Waals surface area contributed by atoms with Crippen LogP contribution in [0.15, 0.2) is 72.2 Å². The Bertz CT molecular complexity index is 1990. The number of carbonyl (C=O) groups is 2. The molecule has 2 amide bonds. The summed E-state index contributed by atoms with van der Waals surface area (Å²) in [5, 5.41) is 9.83. The molecular formula is C36H39Cl2N7O6. The highest BCUT2D eigenvalue weighted by atomic mass is 35.5. The summed E-state index contributed by atoms with van der Waals surface area (Å²) in [5.41, 5.74) is 1.64. The smallest absolute Gasteiger partial charge is 0.260 e. The number of nitrogens with zero attached hydrogens (tertiary/aromatic N) is 4. The Labute approximate surface area is 305 Å². The molecule has 1 saturated heterocycles. The molecule has 2 aromatic carbocycles. The number of hydrogen-bond acceptors (Lipinski definition) is 10. The van der Waals surface area contributed by atoms with Crippen LogP contribution >= 0.6 is 23.2 Å². The number of likely N-dealkylation sites (N-methyl/N-ethyl adjacent to an activating group) is 1. The van der Waals surface area contributed by atoms with Crippen LogP contribution in [0.4, 0.5) is 11.6 Å². The molecule has 4 aromatic rings. The zero-order valence-electron chi connectivity index (χ0n) is 28.7. The Hall–Kier alpha value is -4.95. The van der Waals surface area contributed by atoms with Gasteiger partial charge in [0, 0.05) is 48.1 Å². The number of amides is 2. The molecule has 51 heavy (non-hydrogen) atoms. The SMILES string of the molecule is C=CC(=O)NC1CCOCC1Nc1ncc2cc(-c3c(Cl)c(OC)cc(OC)c3Cl)c(=O)n(Cc3ccc(NC(=O)/C=C/CN(C)C)cc3)c2n1. The number of methoxy groups -OCH3 is 2. The highest BCUT2D eigenvalue weighted by Gasteiger charge is 2.28. The van der Waals surface area contributed by atoms with Crippen molar-refractivity contribution in [2.75, 3.05) is 58.7 Å². The summed E-state index contributed by atoms with van der Waals surface area (Å²) in [6, 6.07) is 9.71. The van der Waals surface area contributed by atoms with Crippen LogP contribution in [0.2, 0.25) is 10.0 Å². The predicted octanol–water partition coefficient (Wildman–Crippen LogP) is 4.76. The summed E-state index contributed by atoms with van der Waals surface area (Å²) in [6.45, 7) is 5.06. The molecule has 3 N–H and O–H groups in total. The Morgan fingerprint density at radius 3 is 2.43 bits per heavy atom. The Morgan fingerprint density at radius 1 is 1.08 bits per heavy atom. The second kappa shape index (κ2) is 16.8. The average molecular weight is 737 g/mol. The van der Waals surface area contributed by atoms with Gasteiger partial charge in [-0.05, 0) is 50.4 Å². The number of carbonyl (C=O) groups excluding carboxylic acids is 2. The summed E-state index contributed by atoms with van der Waals surface area (Å²) in [6.07, 6.45) is 6.64.